The molecule has 2 rings (SSSR count). The van der Waals surface area contributed by atoms with Gasteiger partial charge in [0.15, 0.2) is 0 Å². The van der Waals surface area contributed by atoms with Crippen LogP contribution in [0, 0.1) is 6.92 Å². The van der Waals surface area contributed by atoms with E-state index in [9.17, 15) is 4.79 Å². The number of benzene rings is 1. The summed E-state index contributed by atoms with van der Waals surface area (Å²) in [6, 6.07) is 9.04. The van der Waals surface area contributed by atoms with Gasteiger partial charge in [0, 0.05) is 24.0 Å². The van der Waals surface area contributed by atoms with Crippen molar-refractivity contribution in [2.75, 3.05) is 7.05 Å². The Morgan fingerprint density at radius 1 is 1.24 bits per heavy atom. The zero-order valence-corrected chi connectivity index (χ0v) is 13.6. The number of amides is 1. The molecule has 0 fully saturated rings. The minimum Gasteiger partial charge on any atom is -0.335 e. The highest BCUT2D eigenvalue weighted by molar-refractivity contribution is 6.33. The van der Waals surface area contributed by atoms with E-state index in [0.717, 1.165) is 11.3 Å². The summed E-state index contributed by atoms with van der Waals surface area (Å²) in [5.41, 5.74) is 2.20. The van der Waals surface area contributed by atoms with Crippen molar-refractivity contribution in [2.24, 2.45) is 0 Å². The van der Waals surface area contributed by atoms with E-state index in [1.54, 1.807) is 18.0 Å². The molecule has 2 aromatic rings. The average Bonchev–Trinajstić information content (AvgIpc) is 2.46. The van der Waals surface area contributed by atoms with Gasteiger partial charge < -0.3 is 4.90 Å². The van der Waals surface area contributed by atoms with Crippen molar-refractivity contribution >= 4 is 29.1 Å². The van der Waals surface area contributed by atoms with Crippen LogP contribution in [0.15, 0.2) is 36.5 Å². The summed E-state index contributed by atoms with van der Waals surface area (Å²) in [4.78, 5) is 18.3. The average molecular weight is 323 g/mol. The van der Waals surface area contributed by atoms with E-state index in [4.69, 9.17) is 23.2 Å². The predicted molar refractivity (Wildman–Crippen MR) is 85.9 cm³/mol. The molecule has 0 saturated carbocycles. The summed E-state index contributed by atoms with van der Waals surface area (Å²) in [5, 5.41) is 1.09. The highest BCUT2D eigenvalue weighted by Crippen LogP contribution is 2.24. The summed E-state index contributed by atoms with van der Waals surface area (Å²) in [6.45, 7) is 3.79. The summed E-state index contributed by atoms with van der Waals surface area (Å²) < 4.78 is 0. The van der Waals surface area contributed by atoms with Gasteiger partial charge in [0.05, 0.1) is 16.6 Å². The molecular weight excluding hydrogens is 307 g/mol. The van der Waals surface area contributed by atoms with Crippen LogP contribution in [-0.2, 0) is 0 Å². The van der Waals surface area contributed by atoms with Gasteiger partial charge in [-0.25, -0.2) is 0 Å². The van der Waals surface area contributed by atoms with Gasteiger partial charge in [-0.15, -0.1) is 0 Å². The Kier molecular flexibility index (Phi) is 4.86. The van der Waals surface area contributed by atoms with Crippen LogP contribution in [0.25, 0.3) is 0 Å². The Morgan fingerprint density at radius 2 is 1.86 bits per heavy atom. The van der Waals surface area contributed by atoms with Crippen molar-refractivity contribution in [3.05, 3.63) is 63.4 Å². The van der Waals surface area contributed by atoms with Crippen molar-refractivity contribution in [3.63, 3.8) is 0 Å². The highest BCUT2D eigenvalue weighted by atomic mass is 35.5. The number of carbonyl (C=O) groups is 1. The number of carbonyl (C=O) groups excluding carboxylic acids is 1. The quantitative estimate of drug-likeness (QED) is 0.831. The first-order valence-electron chi connectivity index (χ1n) is 6.55. The molecule has 0 N–H and O–H groups in total. The number of rotatable bonds is 3. The molecule has 0 aliphatic carbocycles. The first-order chi connectivity index (χ1) is 9.90. The molecule has 1 unspecified atom stereocenters. The zero-order valence-electron chi connectivity index (χ0n) is 12.1. The molecule has 0 radical (unpaired) electrons. The van der Waals surface area contributed by atoms with E-state index >= 15 is 0 Å². The number of nitrogens with zero attached hydrogens (tertiary/aromatic N) is 2. The molecule has 5 heteroatoms. The van der Waals surface area contributed by atoms with Crippen LogP contribution in [-0.4, -0.2) is 22.8 Å². The fraction of sp³-hybridized carbons (Fsp3) is 0.250. The molecule has 0 saturated heterocycles. The fourth-order valence-corrected chi connectivity index (χ4v) is 2.43. The van der Waals surface area contributed by atoms with Crippen molar-refractivity contribution in [2.45, 2.75) is 19.9 Å². The summed E-state index contributed by atoms with van der Waals surface area (Å²) in [5.74, 6) is -0.157. The third-order valence-electron chi connectivity index (χ3n) is 3.47. The summed E-state index contributed by atoms with van der Waals surface area (Å²) in [6.07, 6.45) is 1.52. The lowest BCUT2D eigenvalue weighted by Gasteiger charge is -2.25. The van der Waals surface area contributed by atoms with Crippen molar-refractivity contribution in [1.82, 2.24) is 9.88 Å². The van der Waals surface area contributed by atoms with Crippen LogP contribution in [0.5, 0.6) is 0 Å². The second-order valence-electron chi connectivity index (χ2n) is 4.95. The molecule has 3 nitrogen and oxygen atoms in total. The number of aryl methyl sites for hydroxylation is 1. The number of aromatic nitrogens is 1. The number of pyridine rings is 1. The Hall–Kier alpha value is -1.58. The van der Waals surface area contributed by atoms with Gasteiger partial charge in [0.25, 0.3) is 5.91 Å². The highest BCUT2D eigenvalue weighted by Gasteiger charge is 2.21. The predicted octanol–water partition coefficient (Wildman–Crippen LogP) is 4.53. The standard InChI is InChI=1S/C16H16Cl2N2O/c1-10-8-15(18)14(9-19-10)16(21)20(3)11(2)12-4-6-13(17)7-5-12/h4-9,11H,1-3H3. The molecule has 1 amide bonds. The number of hydrogen-bond acceptors (Lipinski definition) is 2. The molecule has 1 heterocycles. The minimum atomic E-state index is -0.157. The van der Waals surface area contributed by atoms with Crippen LogP contribution >= 0.6 is 23.2 Å². The maximum Gasteiger partial charge on any atom is 0.257 e. The lowest BCUT2D eigenvalue weighted by molar-refractivity contribution is 0.0742. The monoisotopic (exact) mass is 322 g/mol. The Bertz CT molecular complexity index is 656. The molecule has 1 atom stereocenters. The van der Waals surface area contributed by atoms with E-state index in [0.29, 0.717) is 15.6 Å². The Labute approximate surface area is 134 Å². The number of hydrogen-bond donors (Lipinski definition) is 0. The first-order valence-corrected chi connectivity index (χ1v) is 7.30. The van der Waals surface area contributed by atoms with Crippen LogP contribution < -0.4 is 0 Å². The fourth-order valence-electron chi connectivity index (χ4n) is 2.01. The van der Waals surface area contributed by atoms with Crippen LogP contribution in [0.4, 0.5) is 0 Å². The Balaban J connectivity index is 2.24. The molecule has 0 aliphatic heterocycles. The van der Waals surface area contributed by atoms with Crippen LogP contribution in [0.2, 0.25) is 10.0 Å². The molecule has 1 aromatic carbocycles. The second kappa shape index (κ2) is 6.46. The van der Waals surface area contributed by atoms with Gasteiger partial charge >= 0.3 is 0 Å². The van der Waals surface area contributed by atoms with Gasteiger partial charge in [-0.3, -0.25) is 9.78 Å². The van der Waals surface area contributed by atoms with Crippen molar-refractivity contribution < 1.29 is 4.79 Å². The molecule has 0 spiro atoms. The normalized spacial score (nSPS) is 12.0. The lowest BCUT2D eigenvalue weighted by Crippen LogP contribution is -2.30. The van der Waals surface area contributed by atoms with Crippen molar-refractivity contribution in [1.29, 1.82) is 0 Å². The topological polar surface area (TPSA) is 33.2 Å². The van der Waals surface area contributed by atoms with Gasteiger partial charge in [0.2, 0.25) is 0 Å². The minimum absolute atomic E-state index is 0.0906. The number of halogens is 2. The first kappa shape index (κ1) is 15.8. The van der Waals surface area contributed by atoms with Gasteiger partial charge in [-0.05, 0) is 37.6 Å². The second-order valence-corrected chi connectivity index (χ2v) is 5.79. The third-order valence-corrected chi connectivity index (χ3v) is 4.04. The van der Waals surface area contributed by atoms with E-state index in [-0.39, 0.29) is 11.9 Å². The van der Waals surface area contributed by atoms with Crippen LogP contribution in [0.3, 0.4) is 0 Å². The van der Waals surface area contributed by atoms with Crippen molar-refractivity contribution in [3.8, 4) is 0 Å². The van der Waals surface area contributed by atoms with E-state index in [1.807, 2.05) is 38.1 Å². The molecular formula is C16H16Cl2N2O. The SMILES string of the molecule is Cc1cc(Cl)c(C(=O)N(C)C(C)c2ccc(Cl)cc2)cn1. The summed E-state index contributed by atoms with van der Waals surface area (Å²) >= 11 is 12.0. The van der Waals surface area contributed by atoms with Gasteiger partial charge in [0.1, 0.15) is 0 Å². The maximum atomic E-state index is 12.5. The van der Waals surface area contributed by atoms with Crippen LogP contribution in [0.1, 0.15) is 34.6 Å². The largest absolute Gasteiger partial charge is 0.335 e. The zero-order chi connectivity index (χ0) is 15.6. The van der Waals surface area contributed by atoms with E-state index < -0.39 is 0 Å². The molecule has 110 valence electrons. The Morgan fingerprint density at radius 3 is 2.43 bits per heavy atom. The molecule has 0 aliphatic rings. The van der Waals surface area contributed by atoms with Gasteiger partial charge in [-0.2, -0.15) is 0 Å². The molecule has 1 aromatic heterocycles. The molecule has 21 heavy (non-hydrogen) atoms. The van der Waals surface area contributed by atoms with Gasteiger partial charge in [-0.1, -0.05) is 35.3 Å². The molecule has 0 bridgehead atoms. The summed E-state index contributed by atoms with van der Waals surface area (Å²) in [7, 11) is 1.75. The lowest BCUT2D eigenvalue weighted by atomic mass is 10.1. The van der Waals surface area contributed by atoms with E-state index in [2.05, 4.69) is 4.98 Å². The maximum absolute atomic E-state index is 12.5. The third kappa shape index (κ3) is 3.55. The smallest absolute Gasteiger partial charge is 0.257 e. The van der Waals surface area contributed by atoms with E-state index in [1.165, 1.54) is 6.20 Å².